The van der Waals surface area contributed by atoms with Crippen molar-refractivity contribution in [3.05, 3.63) is 29.3 Å². The number of rotatable bonds is 3. The molecular formula is C12H15NOS. The highest BCUT2D eigenvalue weighted by Crippen LogP contribution is 2.17. The monoisotopic (exact) mass is 221 g/mol. The first-order valence-corrected chi connectivity index (χ1v) is 6.19. The molecule has 2 nitrogen and oxygen atoms in total. The van der Waals surface area contributed by atoms with Crippen molar-refractivity contribution in [2.24, 2.45) is 0 Å². The van der Waals surface area contributed by atoms with Crippen LogP contribution in [-0.4, -0.2) is 9.46 Å². The molecule has 0 bridgehead atoms. The summed E-state index contributed by atoms with van der Waals surface area (Å²) >= 11 is 0. The second-order valence-electron chi connectivity index (χ2n) is 3.57. The van der Waals surface area contributed by atoms with E-state index in [1.165, 1.54) is 5.56 Å². The summed E-state index contributed by atoms with van der Waals surface area (Å²) < 4.78 is 12.0. The van der Waals surface area contributed by atoms with Crippen molar-refractivity contribution in [2.75, 3.05) is 0 Å². The minimum absolute atomic E-state index is 0.396. The molecule has 0 radical (unpaired) electrons. The third-order valence-corrected chi connectivity index (χ3v) is 4.16. The van der Waals surface area contributed by atoms with E-state index in [1.807, 2.05) is 39.0 Å². The lowest BCUT2D eigenvalue weighted by Crippen LogP contribution is -2.11. The van der Waals surface area contributed by atoms with Crippen LogP contribution in [0.15, 0.2) is 23.1 Å². The minimum atomic E-state index is -1.20. The molecular weight excluding hydrogens is 206 g/mol. The van der Waals surface area contributed by atoms with Crippen LogP contribution in [0.2, 0.25) is 0 Å². The molecule has 3 heteroatoms. The van der Waals surface area contributed by atoms with Gasteiger partial charge >= 0.3 is 0 Å². The summed E-state index contributed by atoms with van der Waals surface area (Å²) in [5.41, 5.74) is 2.30. The number of hydrogen-bond acceptors (Lipinski definition) is 2. The maximum atomic E-state index is 12.0. The molecule has 0 aliphatic heterocycles. The Morgan fingerprint density at radius 3 is 2.53 bits per heavy atom. The fraction of sp³-hybridized carbons (Fsp3) is 0.417. The number of nitrogens with zero attached hydrogens (tertiary/aromatic N) is 1. The van der Waals surface area contributed by atoms with Gasteiger partial charge in [0.25, 0.3) is 0 Å². The fourth-order valence-corrected chi connectivity index (χ4v) is 2.52. The van der Waals surface area contributed by atoms with Gasteiger partial charge in [-0.3, -0.25) is 4.21 Å². The van der Waals surface area contributed by atoms with Gasteiger partial charge in [-0.15, -0.1) is 0 Å². The molecule has 80 valence electrons. The zero-order chi connectivity index (χ0) is 11.4. The first-order valence-electron chi connectivity index (χ1n) is 4.97. The zero-order valence-corrected chi connectivity index (χ0v) is 10.1. The van der Waals surface area contributed by atoms with E-state index >= 15 is 0 Å². The number of nitriles is 1. The lowest BCUT2D eigenvalue weighted by molar-refractivity contribution is 0.676. The van der Waals surface area contributed by atoms with Crippen LogP contribution in [0.4, 0.5) is 0 Å². The molecule has 1 rings (SSSR count). The zero-order valence-electron chi connectivity index (χ0n) is 9.28. The fourth-order valence-electron chi connectivity index (χ4n) is 1.29. The van der Waals surface area contributed by atoms with E-state index in [0.29, 0.717) is 6.42 Å². The Bertz CT molecular complexity index is 420. The van der Waals surface area contributed by atoms with E-state index < -0.39 is 16.0 Å². The predicted octanol–water partition coefficient (Wildman–Crippen LogP) is 2.71. The van der Waals surface area contributed by atoms with Gasteiger partial charge in [0.05, 0.1) is 16.9 Å². The van der Waals surface area contributed by atoms with Gasteiger partial charge in [0.15, 0.2) is 0 Å². The van der Waals surface area contributed by atoms with Gasteiger partial charge in [0, 0.05) is 4.90 Å². The van der Waals surface area contributed by atoms with Crippen LogP contribution in [0.25, 0.3) is 0 Å². The Labute approximate surface area is 93.4 Å². The smallest absolute Gasteiger partial charge is 0.126 e. The van der Waals surface area contributed by atoms with Gasteiger partial charge in [-0.1, -0.05) is 13.0 Å². The van der Waals surface area contributed by atoms with E-state index in [1.54, 1.807) is 0 Å². The third-order valence-electron chi connectivity index (χ3n) is 2.48. The molecule has 0 fully saturated rings. The molecule has 2 unspecified atom stereocenters. The van der Waals surface area contributed by atoms with Gasteiger partial charge in [0.2, 0.25) is 0 Å². The first kappa shape index (κ1) is 11.9. The van der Waals surface area contributed by atoms with Crippen LogP contribution >= 0.6 is 0 Å². The van der Waals surface area contributed by atoms with E-state index in [4.69, 9.17) is 5.26 Å². The van der Waals surface area contributed by atoms with Crippen LogP contribution in [0.1, 0.15) is 24.5 Å². The average Bonchev–Trinajstić information content (AvgIpc) is 2.23. The number of benzene rings is 1. The molecule has 0 saturated carbocycles. The van der Waals surface area contributed by atoms with Crippen molar-refractivity contribution in [1.29, 1.82) is 5.26 Å². The Hall–Kier alpha value is -1.14. The summed E-state index contributed by atoms with van der Waals surface area (Å²) in [6.07, 6.45) is 0.621. The lowest BCUT2D eigenvalue weighted by atomic mass is 10.1. The molecule has 0 aliphatic carbocycles. The molecule has 0 saturated heterocycles. The number of aryl methyl sites for hydroxylation is 2. The summed E-state index contributed by atoms with van der Waals surface area (Å²) in [5, 5.41) is 8.44. The van der Waals surface area contributed by atoms with E-state index in [0.717, 1.165) is 10.5 Å². The lowest BCUT2D eigenvalue weighted by Gasteiger charge is -2.08. The molecule has 1 aromatic carbocycles. The van der Waals surface area contributed by atoms with Crippen molar-refractivity contribution >= 4 is 10.8 Å². The number of hydrogen-bond donors (Lipinski definition) is 0. The van der Waals surface area contributed by atoms with E-state index in [9.17, 15) is 4.21 Å². The highest BCUT2D eigenvalue weighted by Gasteiger charge is 2.15. The van der Waals surface area contributed by atoms with Gasteiger partial charge in [0.1, 0.15) is 5.25 Å². The van der Waals surface area contributed by atoms with Crippen molar-refractivity contribution in [3.63, 3.8) is 0 Å². The summed E-state index contributed by atoms with van der Waals surface area (Å²) in [6, 6.07) is 7.79. The van der Waals surface area contributed by atoms with Crippen molar-refractivity contribution in [2.45, 2.75) is 37.3 Å². The molecule has 0 aromatic heterocycles. The van der Waals surface area contributed by atoms with Gasteiger partial charge in [-0.05, 0) is 43.5 Å². The Balaban J connectivity index is 3.02. The van der Waals surface area contributed by atoms with Gasteiger partial charge in [-0.2, -0.15) is 5.26 Å². The normalized spacial score (nSPS) is 14.3. The van der Waals surface area contributed by atoms with Gasteiger partial charge < -0.3 is 0 Å². The van der Waals surface area contributed by atoms with Crippen LogP contribution in [-0.2, 0) is 10.8 Å². The van der Waals surface area contributed by atoms with Gasteiger partial charge in [-0.25, -0.2) is 0 Å². The Kier molecular flexibility index (Phi) is 4.05. The Morgan fingerprint density at radius 2 is 2.07 bits per heavy atom. The summed E-state index contributed by atoms with van der Waals surface area (Å²) in [5.74, 6) is 0. The topological polar surface area (TPSA) is 40.9 Å². The molecule has 15 heavy (non-hydrogen) atoms. The van der Waals surface area contributed by atoms with Crippen molar-refractivity contribution < 1.29 is 4.21 Å². The molecule has 1 aromatic rings. The van der Waals surface area contributed by atoms with E-state index in [2.05, 4.69) is 6.07 Å². The summed E-state index contributed by atoms with van der Waals surface area (Å²) in [4.78, 5) is 0.756. The second kappa shape index (κ2) is 5.09. The van der Waals surface area contributed by atoms with E-state index in [-0.39, 0.29) is 0 Å². The first-order chi connectivity index (χ1) is 7.10. The standard InChI is InChI=1S/C12H15NOS/c1-4-11(8-13)15(14)12-6-5-9(2)10(3)7-12/h5-7,11H,4H2,1-3H3. The molecule has 2 atom stereocenters. The third kappa shape index (κ3) is 2.66. The summed E-state index contributed by atoms with van der Waals surface area (Å²) in [7, 11) is -1.20. The van der Waals surface area contributed by atoms with Crippen molar-refractivity contribution in [1.82, 2.24) is 0 Å². The molecule has 0 amide bonds. The average molecular weight is 221 g/mol. The molecule has 0 N–H and O–H groups in total. The highest BCUT2D eigenvalue weighted by atomic mass is 32.2. The molecule has 0 aliphatic rings. The van der Waals surface area contributed by atoms with Crippen LogP contribution in [0.5, 0.6) is 0 Å². The minimum Gasteiger partial charge on any atom is -0.253 e. The second-order valence-corrected chi connectivity index (χ2v) is 5.20. The maximum Gasteiger partial charge on any atom is 0.126 e. The quantitative estimate of drug-likeness (QED) is 0.787. The largest absolute Gasteiger partial charge is 0.253 e. The predicted molar refractivity (Wildman–Crippen MR) is 62.0 cm³/mol. The molecule has 0 heterocycles. The van der Waals surface area contributed by atoms with Crippen LogP contribution < -0.4 is 0 Å². The molecule has 0 spiro atoms. The van der Waals surface area contributed by atoms with Crippen molar-refractivity contribution in [3.8, 4) is 6.07 Å². The maximum absolute atomic E-state index is 12.0. The summed E-state index contributed by atoms with van der Waals surface area (Å²) in [6.45, 7) is 5.89. The van der Waals surface area contributed by atoms with Crippen LogP contribution in [0.3, 0.4) is 0 Å². The SMILES string of the molecule is CCC(C#N)S(=O)c1ccc(C)c(C)c1. The van der Waals surface area contributed by atoms with Crippen LogP contribution in [0, 0.1) is 25.2 Å². The highest BCUT2D eigenvalue weighted by molar-refractivity contribution is 7.86. The Morgan fingerprint density at radius 1 is 1.40 bits per heavy atom.